The lowest BCUT2D eigenvalue weighted by Gasteiger charge is -2.14. The van der Waals surface area contributed by atoms with Crippen LogP contribution in [-0.4, -0.2) is 36.9 Å². The smallest absolute Gasteiger partial charge is 0.244 e. The van der Waals surface area contributed by atoms with Crippen molar-refractivity contribution < 1.29 is 8.42 Å². The summed E-state index contributed by atoms with van der Waals surface area (Å²) >= 11 is 0. The van der Waals surface area contributed by atoms with Gasteiger partial charge in [-0.15, -0.1) is 6.58 Å². The fraction of sp³-hybridized carbons (Fsp3) is 0.600. The molecule has 1 heterocycles. The van der Waals surface area contributed by atoms with Gasteiger partial charge in [0.15, 0.2) is 0 Å². The summed E-state index contributed by atoms with van der Waals surface area (Å²) in [5.74, 6) is 0. The van der Waals surface area contributed by atoms with Gasteiger partial charge in [-0.3, -0.25) is 0 Å². The lowest BCUT2D eigenvalue weighted by Crippen LogP contribution is -2.26. The van der Waals surface area contributed by atoms with Crippen LogP contribution in [0.3, 0.4) is 0 Å². The minimum absolute atomic E-state index is 0.231. The van der Waals surface area contributed by atoms with Crippen LogP contribution in [0, 0.1) is 0 Å². The molecule has 118 valence electrons. The van der Waals surface area contributed by atoms with Gasteiger partial charge in [-0.25, -0.2) is 8.42 Å². The van der Waals surface area contributed by atoms with Crippen molar-refractivity contribution >= 4 is 10.0 Å². The highest BCUT2D eigenvalue weighted by atomic mass is 32.2. The summed E-state index contributed by atoms with van der Waals surface area (Å²) in [6.45, 7) is 8.74. The Morgan fingerprint density at radius 1 is 1.52 bits per heavy atom. The zero-order valence-corrected chi connectivity index (χ0v) is 13.9. The van der Waals surface area contributed by atoms with Gasteiger partial charge < -0.3 is 9.88 Å². The molecule has 1 aromatic rings. The molecule has 1 saturated carbocycles. The van der Waals surface area contributed by atoms with Crippen molar-refractivity contribution in [3.8, 4) is 0 Å². The van der Waals surface area contributed by atoms with E-state index >= 15 is 0 Å². The highest BCUT2D eigenvalue weighted by Crippen LogP contribution is 2.23. The maximum absolute atomic E-state index is 12.5. The second-order valence-corrected chi connectivity index (χ2v) is 7.94. The van der Waals surface area contributed by atoms with Crippen molar-refractivity contribution in [2.75, 3.05) is 13.6 Å². The average molecular weight is 311 g/mol. The number of rotatable bonds is 8. The third kappa shape index (κ3) is 3.75. The van der Waals surface area contributed by atoms with Crippen LogP contribution in [0.4, 0.5) is 0 Å². The number of nitrogens with one attached hydrogen (secondary N) is 1. The Labute approximate surface area is 127 Å². The highest BCUT2D eigenvalue weighted by Gasteiger charge is 2.25. The largest absolute Gasteiger partial charge is 0.346 e. The number of hydrogen-bond acceptors (Lipinski definition) is 3. The number of likely N-dealkylation sites (N-methyl/N-ethyl adjacent to an activating group) is 1. The molecule has 1 aromatic heterocycles. The van der Waals surface area contributed by atoms with Gasteiger partial charge in [0, 0.05) is 44.1 Å². The number of hydrogen-bond donors (Lipinski definition) is 1. The van der Waals surface area contributed by atoms with Crippen molar-refractivity contribution in [3.05, 3.63) is 30.6 Å². The van der Waals surface area contributed by atoms with Gasteiger partial charge in [-0.1, -0.05) is 6.08 Å². The van der Waals surface area contributed by atoms with Gasteiger partial charge >= 0.3 is 0 Å². The monoisotopic (exact) mass is 311 g/mol. The van der Waals surface area contributed by atoms with Gasteiger partial charge in [0.25, 0.3) is 0 Å². The maximum atomic E-state index is 12.5. The Bertz CT molecular complexity index is 600. The molecule has 0 spiro atoms. The maximum Gasteiger partial charge on any atom is 0.244 e. The fourth-order valence-corrected chi connectivity index (χ4v) is 3.45. The zero-order chi connectivity index (χ0) is 15.6. The third-order valence-corrected chi connectivity index (χ3v) is 5.50. The summed E-state index contributed by atoms with van der Waals surface area (Å²) in [4.78, 5) is 0.355. The van der Waals surface area contributed by atoms with Crippen molar-refractivity contribution in [3.63, 3.8) is 0 Å². The lowest BCUT2D eigenvalue weighted by atomic mass is 10.3. The van der Waals surface area contributed by atoms with Crippen molar-refractivity contribution in [2.24, 2.45) is 0 Å². The Balaban J connectivity index is 2.26. The normalized spacial score (nSPS) is 15.9. The van der Waals surface area contributed by atoms with E-state index in [0.717, 1.165) is 5.69 Å². The fourth-order valence-electron chi connectivity index (χ4n) is 2.26. The first-order chi connectivity index (χ1) is 9.86. The highest BCUT2D eigenvalue weighted by molar-refractivity contribution is 7.89. The SMILES string of the molecule is C=CCN(C)S(=O)(=O)c1cc(CNC2CC2)n(C(C)C)c1. The van der Waals surface area contributed by atoms with Crippen LogP contribution >= 0.6 is 0 Å². The quantitative estimate of drug-likeness (QED) is 0.748. The van der Waals surface area contributed by atoms with Gasteiger partial charge in [0.1, 0.15) is 4.90 Å². The Morgan fingerprint density at radius 3 is 2.71 bits per heavy atom. The average Bonchev–Trinajstić information content (AvgIpc) is 3.13. The molecule has 0 radical (unpaired) electrons. The first kappa shape index (κ1) is 16.3. The van der Waals surface area contributed by atoms with E-state index in [0.29, 0.717) is 24.0 Å². The lowest BCUT2D eigenvalue weighted by molar-refractivity contribution is 0.498. The second kappa shape index (κ2) is 6.34. The minimum Gasteiger partial charge on any atom is -0.346 e. The number of sulfonamides is 1. The summed E-state index contributed by atoms with van der Waals surface area (Å²) in [5, 5.41) is 3.44. The van der Waals surface area contributed by atoms with Crippen LogP contribution in [0.1, 0.15) is 38.4 Å². The first-order valence-electron chi connectivity index (χ1n) is 7.37. The summed E-state index contributed by atoms with van der Waals surface area (Å²) in [6, 6.07) is 2.61. The molecule has 21 heavy (non-hydrogen) atoms. The van der Waals surface area contributed by atoms with E-state index < -0.39 is 10.0 Å². The Morgan fingerprint density at radius 2 is 2.19 bits per heavy atom. The molecule has 1 aliphatic carbocycles. The number of aromatic nitrogens is 1. The van der Waals surface area contributed by atoms with E-state index in [9.17, 15) is 8.42 Å². The summed E-state index contributed by atoms with van der Waals surface area (Å²) in [7, 11) is -1.87. The molecule has 0 unspecified atom stereocenters. The van der Waals surface area contributed by atoms with Crippen LogP contribution in [0.15, 0.2) is 29.8 Å². The van der Waals surface area contributed by atoms with E-state index in [1.54, 1.807) is 25.4 Å². The summed E-state index contributed by atoms with van der Waals surface area (Å²) in [5.41, 5.74) is 1.02. The van der Waals surface area contributed by atoms with E-state index in [4.69, 9.17) is 0 Å². The van der Waals surface area contributed by atoms with Gasteiger partial charge in [-0.2, -0.15) is 4.31 Å². The molecule has 2 rings (SSSR count). The summed E-state index contributed by atoms with van der Waals surface area (Å²) in [6.07, 6.45) is 5.77. The van der Waals surface area contributed by atoms with Crippen LogP contribution in [0.25, 0.3) is 0 Å². The van der Waals surface area contributed by atoms with Gasteiger partial charge in [0.05, 0.1) is 0 Å². The van der Waals surface area contributed by atoms with Crippen molar-refractivity contribution in [1.82, 2.24) is 14.2 Å². The Hall–Kier alpha value is -1.11. The van der Waals surface area contributed by atoms with Crippen LogP contribution in [0.2, 0.25) is 0 Å². The van der Waals surface area contributed by atoms with Crippen molar-refractivity contribution in [1.29, 1.82) is 0 Å². The van der Waals surface area contributed by atoms with Crippen LogP contribution < -0.4 is 5.32 Å². The standard InChI is InChI=1S/C15H25N3O2S/c1-5-8-17(4)21(19,20)15-9-14(10-16-13-6-7-13)18(11-15)12(2)3/h5,9,11-13,16H,1,6-8,10H2,2-4H3. The predicted octanol–water partition coefficient (Wildman–Crippen LogP) is 2.13. The molecule has 1 fully saturated rings. The predicted molar refractivity (Wildman–Crippen MR) is 84.7 cm³/mol. The molecule has 0 amide bonds. The number of nitrogens with zero attached hydrogens (tertiary/aromatic N) is 2. The molecular weight excluding hydrogens is 286 g/mol. The molecule has 0 bridgehead atoms. The molecule has 1 aliphatic rings. The zero-order valence-electron chi connectivity index (χ0n) is 13.0. The molecule has 0 aromatic carbocycles. The molecule has 0 aliphatic heterocycles. The molecule has 0 atom stereocenters. The Kier molecular flexibility index (Phi) is 4.91. The summed E-state index contributed by atoms with van der Waals surface area (Å²) < 4.78 is 28.4. The van der Waals surface area contributed by atoms with Crippen LogP contribution in [0.5, 0.6) is 0 Å². The molecule has 0 saturated heterocycles. The molecule has 5 nitrogen and oxygen atoms in total. The van der Waals surface area contributed by atoms with Crippen molar-refractivity contribution in [2.45, 2.75) is 50.2 Å². The van der Waals surface area contributed by atoms with E-state index in [1.165, 1.54) is 17.1 Å². The molecule has 1 N–H and O–H groups in total. The van der Waals surface area contributed by atoms with Gasteiger partial charge in [-0.05, 0) is 32.8 Å². The second-order valence-electron chi connectivity index (χ2n) is 5.90. The van der Waals surface area contributed by atoms with Crippen LogP contribution in [-0.2, 0) is 16.6 Å². The van der Waals surface area contributed by atoms with Gasteiger partial charge in [0.2, 0.25) is 10.0 Å². The molecule has 6 heteroatoms. The molecular formula is C15H25N3O2S. The van der Waals surface area contributed by atoms with E-state index in [1.807, 2.05) is 4.57 Å². The first-order valence-corrected chi connectivity index (χ1v) is 8.81. The third-order valence-electron chi connectivity index (χ3n) is 3.71. The minimum atomic E-state index is -3.45. The topological polar surface area (TPSA) is 54.3 Å². The van der Waals surface area contributed by atoms with E-state index in [2.05, 4.69) is 25.7 Å². The van der Waals surface area contributed by atoms with E-state index in [-0.39, 0.29) is 6.04 Å².